The van der Waals surface area contributed by atoms with Crippen LogP contribution in [0.5, 0.6) is 0 Å². The largest absolute Gasteiger partial charge is 0.392 e. The number of aliphatic hydroxyl groups is 2. The Morgan fingerprint density at radius 2 is 1.11 bits per heavy atom. The lowest BCUT2D eigenvalue weighted by Gasteiger charge is -2.19. The van der Waals surface area contributed by atoms with Crippen molar-refractivity contribution in [3.8, 4) is 0 Å². The molecule has 0 aromatic rings. The summed E-state index contributed by atoms with van der Waals surface area (Å²) in [6, 6.07) is 0. The molecular weight excluding hydrogens is 238 g/mol. The van der Waals surface area contributed by atoms with Gasteiger partial charge in [0.05, 0.1) is 6.61 Å². The Balaban J connectivity index is 3.07. The summed E-state index contributed by atoms with van der Waals surface area (Å²) in [6.45, 7) is 1.91. The van der Waals surface area contributed by atoms with E-state index in [9.17, 15) is 5.11 Å². The van der Waals surface area contributed by atoms with Crippen LogP contribution >= 0.6 is 0 Å². The van der Waals surface area contributed by atoms with Gasteiger partial charge in [0.1, 0.15) is 5.72 Å². The summed E-state index contributed by atoms with van der Waals surface area (Å²) in [5, 5.41) is 18.2. The van der Waals surface area contributed by atoms with Crippen molar-refractivity contribution >= 4 is 0 Å². The summed E-state index contributed by atoms with van der Waals surface area (Å²) in [6.07, 6.45) is 16.0. The molecule has 0 saturated heterocycles. The van der Waals surface area contributed by atoms with Crippen molar-refractivity contribution in [1.82, 2.24) is 0 Å². The zero-order chi connectivity index (χ0) is 14.4. The Hall–Kier alpha value is -0.120. The van der Waals surface area contributed by atoms with Crippen LogP contribution in [0.4, 0.5) is 0 Å². The van der Waals surface area contributed by atoms with E-state index in [2.05, 4.69) is 6.92 Å². The minimum atomic E-state index is -1.36. The van der Waals surface area contributed by atoms with E-state index >= 15 is 0 Å². The first kappa shape index (κ1) is 18.9. The fourth-order valence-electron chi connectivity index (χ4n) is 2.35. The van der Waals surface area contributed by atoms with Gasteiger partial charge in [0, 0.05) is 0 Å². The summed E-state index contributed by atoms with van der Waals surface area (Å²) in [4.78, 5) is 0. The van der Waals surface area contributed by atoms with Gasteiger partial charge in [0.2, 0.25) is 0 Å². The van der Waals surface area contributed by atoms with E-state index in [1.165, 1.54) is 64.2 Å². The van der Waals surface area contributed by atoms with E-state index in [-0.39, 0.29) is 6.61 Å². The lowest BCUT2D eigenvalue weighted by Crippen LogP contribution is -2.43. The molecule has 0 aromatic heterocycles. The molecule has 0 saturated carbocycles. The average Bonchev–Trinajstić information content (AvgIpc) is 2.40. The Morgan fingerprint density at radius 1 is 0.737 bits per heavy atom. The lowest BCUT2D eigenvalue weighted by atomic mass is 10.0. The number of rotatable bonds is 14. The van der Waals surface area contributed by atoms with Crippen molar-refractivity contribution in [2.24, 2.45) is 5.73 Å². The second-order valence-electron chi connectivity index (χ2n) is 5.90. The summed E-state index contributed by atoms with van der Waals surface area (Å²) in [5.41, 5.74) is 4.09. The maximum absolute atomic E-state index is 9.41. The summed E-state index contributed by atoms with van der Waals surface area (Å²) in [7, 11) is 0. The number of hydrogen-bond acceptors (Lipinski definition) is 3. The van der Waals surface area contributed by atoms with Crippen LogP contribution in [0.3, 0.4) is 0 Å². The summed E-state index contributed by atoms with van der Waals surface area (Å²) in [5.74, 6) is 0. The van der Waals surface area contributed by atoms with Crippen molar-refractivity contribution in [2.45, 2.75) is 96.1 Å². The molecular formula is C16H35NO2. The van der Waals surface area contributed by atoms with Gasteiger partial charge >= 0.3 is 0 Å². The van der Waals surface area contributed by atoms with Crippen LogP contribution in [-0.4, -0.2) is 22.5 Å². The number of hydrogen-bond donors (Lipinski definition) is 3. The van der Waals surface area contributed by atoms with Crippen LogP contribution < -0.4 is 5.73 Å². The highest BCUT2D eigenvalue weighted by Gasteiger charge is 2.17. The Labute approximate surface area is 119 Å². The van der Waals surface area contributed by atoms with Gasteiger partial charge in [-0.25, -0.2) is 0 Å². The van der Waals surface area contributed by atoms with Gasteiger partial charge < -0.3 is 15.9 Å². The number of unbranched alkanes of at least 4 members (excludes halogenated alkanes) is 11. The van der Waals surface area contributed by atoms with Crippen LogP contribution in [0.1, 0.15) is 90.4 Å². The van der Waals surface area contributed by atoms with Crippen molar-refractivity contribution in [3.63, 3.8) is 0 Å². The molecule has 0 heterocycles. The summed E-state index contributed by atoms with van der Waals surface area (Å²) >= 11 is 0. The number of aliphatic hydroxyl groups excluding tert-OH is 1. The second kappa shape index (κ2) is 12.9. The average molecular weight is 273 g/mol. The zero-order valence-electron chi connectivity index (χ0n) is 12.9. The van der Waals surface area contributed by atoms with E-state index in [0.717, 1.165) is 12.8 Å². The predicted octanol–water partition coefficient (Wildman–Crippen LogP) is 3.72. The molecule has 0 aliphatic carbocycles. The van der Waals surface area contributed by atoms with Gasteiger partial charge in [-0.3, -0.25) is 0 Å². The van der Waals surface area contributed by atoms with Crippen molar-refractivity contribution < 1.29 is 10.2 Å². The van der Waals surface area contributed by atoms with Crippen LogP contribution in [-0.2, 0) is 0 Å². The molecule has 0 fully saturated rings. The topological polar surface area (TPSA) is 66.5 Å². The Kier molecular flexibility index (Phi) is 12.8. The van der Waals surface area contributed by atoms with Crippen molar-refractivity contribution in [3.05, 3.63) is 0 Å². The molecule has 4 N–H and O–H groups in total. The molecule has 3 heteroatoms. The smallest absolute Gasteiger partial charge is 0.136 e. The fraction of sp³-hybridized carbons (Fsp3) is 1.00. The molecule has 0 amide bonds. The van der Waals surface area contributed by atoms with Crippen molar-refractivity contribution in [1.29, 1.82) is 0 Å². The lowest BCUT2D eigenvalue weighted by molar-refractivity contribution is -0.0177. The molecule has 1 atom stereocenters. The third kappa shape index (κ3) is 14.1. The van der Waals surface area contributed by atoms with Gasteiger partial charge in [-0.05, 0) is 12.8 Å². The Morgan fingerprint density at radius 3 is 1.47 bits per heavy atom. The second-order valence-corrected chi connectivity index (χ2v) is 5.90. The standard InChI is InChI=1S/C16H35NO2/c1-2-3-4-5-6-7-8-9-10-11-12-13-14-16(17,19)15-18/h18-19H,2-15,17H2,1H3. The maximum atomic E-state index is 9.41. The number of nitrogens with two attached hydrogens (primary N) is 1. The molecule has 0 rings (SSSR count). The first-order chi connectivity index (χ1) is 9.12. The minimum Gasteiger partial charge on any atom is -0.392 e. The monoisotopic (exact) mass is 273 g/mol. The van der Waals surface area contributed by atoms with Gasteiger partial charge in [-0.2, -0.15) is 0 Å². The first-order valence-corrected chi connectivity index (χ1v) is 8.24. The van der Waals surface area contributed by atoms with E-state index < -0.39 is 5.72 Å². The predicted molar refractivity (Wildman–Crippen MR) is 81.9 cm³/mol. The molecule has 0 aliphatic rings. The normalized spacial score (nSPS) is 14.5. The first-order valence-electron chi connectivity index (χ1n) is 8.24. The maximum Gasteiger partial charge on any atom is 0.136 e. The van der Waals surface area contributed by atoms with Crippen molar-refractivity contribution in [2.75, 3.05) is 6.61 Å². The van der Waals surface area contributed by atoms with Crippen LogP contribution in [0, 0.1) is 0 Å². The molecule has 3 nitrogen and oxygen atoms in total. The van der Waals surface area contributed by atoms with Crippen LogP contribution in [0.2, 0.25) is 0 Å². The highest BCUT2D eigenvalue weighted by atomic mass is 16.3. The third-order valence-corrected chi connectivity index (χ3v) is 3.74. The molecule has 0 radical (unpaired) electrons. The molecule has 0 bridgehead atoms. The SMILES string of the molecule is CCCCCCCCCCCCCCC(N)(O)CO. The van der Waals surface area contributed by atoms with Gasteiger partial charge in [-0.1, -0.05) is 77.6 Å². The van der Waals surface area contributed by atoms with E-state index in [0.29, 0.717) is 6.42 Å². The molecule has 0 aromatic carbocycles. The van der Waals surface area contributed by atoms with E-state index in [1.54, 1.807) is 0 Å². The highest BCUT2D eigenvalue weighted by molar-refractivity contribution is 4.68. The highest BCUT2D eigenvalue weighted by Crippen LogP contribution is 2.14. The quantitative estimate of drug-likeness (QED) is 0.334. The molecule has 0 aliphatic heterocycles. The zero-order valence-corrected chi connectivity index (χ0v) is 12.9. The molecule has 19 heavy (non-hydrogen) atoms. The minimum absolute atomic E-state index is 0.342. The molecule has 0 spiro atoms. The summed E-state index contributed by atoms with van der Waals surface area (Å²) < 4.78 is 0. The van der Waals surface area contributed by atoms with Crippen LogP contribution in [0.15, 0.2) is 0 Å². The fourth-order valence-corrected chi connectivity index (χ4v) is 2.35. The van der Waals surface area contributed by atoms with E-state index in [4.69, 9.17) is 10.8 Å². The Bertz CT molecular complexity index is 184. The molecule has 116 valence electrons. The van der Waals surface area contributed by atoms with E-state index in [1.807, 2.05) is 0 Å². The molecule has 1 unspecified atom stereocenters. The van der Waals surface area contributed by atoms with Gasteiger partial charge in [0.25, 0.3) is 0 Å². The van der Waals surface area contributed by atoms with Crippen LogP contribution in [0.25, 0.3) is 0 Å². The third-order valence-electron chi connectivity index (χ3n) is 3.74. The van der Waals surface area contributed by atoms with Gasteiger partial charge in [0.15, 0.2) is 0 Å². The van der Waals surface area contributed by atoms with Gasteiger partial charge in [-0.15, -0.1) is 0 Å².